The van der Waals surface area contributed by atoms with Crippen molar-refractivity contribution in [3.05, 3.63) is 0 Å². The molecule has 0 rings (SSSR count). The summed E-state index contributed by atoms with van der Waals surface area (Å²) in [4.78, 5) is 24.2. The van der Waals surface area contributed by atoms with Gasteiger partial charge in [-0.05, 0) is 26.2 Å². The molecule has 1 amide bonds. The van der Waals surface area contributed by atoms with Crippen LogP contribution in [0.4, 0.5) is 0 Å². The zero-order valence-electron chi connectivity index (χ0n) is 10.9. The Morgan fingerprint density at radius 1 is 1.25 bits per heavy atom. The van der Waals surface area contributed by atoms with Gasteiger partial charge >= 0.3 is 5.97 Å². The maximum atomic E-state index is 11.5. The minimum Gasteiger partial charge on any atom is -0.480 e. The summed E-state index contributed by atoms with van der Waals surface area (Å²) in [6, 6.07) is -0.796. The first-order valence-electron chi connectivity index (χ1n) is 5.84. The summed E-state index contributed by atoms with van der Waals surface area (Å²) >= 11 is 0. The molecular formula is C12H23NO3. The Morgan fingerprint density at radius 2 is 1.75 bits per heavy atom. The van der Waals surface area contributed by atoms with Gasteiger partial charge in [-0.2, -0.15) is 0 Å². The van der Waals surface area contributed by atoms with Crippen LogP contribution < -0.4 is 0 Å². The minimum atomic E-state index is -0.912. The van der Waals surface area contributed by atoms with Crippen LogP contribution in [-0.2, 0) is 9.59 Å². The van der Waals surface area contributed by atoms with Crippen molar-refractivity contribution in [2.24, 2.45) is 5.92 Å². The Kier molecular flexibility index (Phi) is 6.08. The number of amides is 1. The van der Waals surface area contributed by atoms with Crippen molar-refractivity contribution in [2.75, 3.05) is 0 Å². The van der Waals surface area contributed by atoms with Crippen LogP contribution in [0.2, 0.25) is 0 Å². The summed E-state index contributed by atoms with van der Waals surface area (Å²) in [5.74, 6) is -1.11. The fourth-order valence-corrected chi connectivity index (χ4v) is 2.13. The van der Waals surface area contributed by atoms with E-state index in [1.54, 1.807) is 0 Å². The van der Waals surface area contributed by atoms with Crippen molar-refractivity contribution in [1.82, 2.24) is 4.90 Å². The van der Waals surface area contributed by atoms with Gasteiger partial charge in [0.25, 0.3) is 0 Å². The van der Waals surface area contributed by atoms with Crippen molar-refractivity contribution in [1.29, 1.82) is 0 Å². The Bertz CT molecular complexity index is 251. The monoisotopic (exact) mass is 229 g/mol. The molecular weight excluding hydrogens is 206 g/mol. The average Bonchev–Trinajstić information content (AvgIpc) is 2.11. The maximum Gasteiger partial charge on any atom is 0.326 e. The molecule has 1 N–H and O–H groups in total. The van der Waals surface area contributed by atoms with Gasteiger partial charge in [-0.15, -0.1) is 0 Å². The third-order valence-electron chi connectivity index (χ3n) is 2.76. The van der Waals surface area contributed by atoms with E-state index in [2.05, 4.69) is 0 Å². The van der Waals surface area contributed by atoms with Crippen LogP contribution in [0.1, 0.15) is 47.5 Å². The van der Waals surface area contributed by atoms with Crippen molar-refractivity contribution in [3.63, 3.8) is 0 Å². The molecule has 0 heterocycles. The SMILES string of the molecule is CCCC(C)C(C(=O)O)N(C(C)=O)C(C)C. The highest BCUT2D eigenvalue weighted by Gasteiger charge is 2.33. The van der Waals surface area contributed by atoms with Gasteiger partial charge < -0.3 is 10.0 Å². The van der Waals surface area contributed by atoms with E-state index in [4.69, 9.17) is 0 Å². The summed E-state index contributed by atoms with van der Waals surface area (Å²) in [7, 11) is 0. The third kappa shape index (κ3) is 3.83. The van der Waals surface area contributed by atoms with Gasteiger partial charge in [0.1, 0.15) is 6.04 Å². The number of carbonyl (C=O) groups excluding carboxylic acids is 1. The highest BCUT2D eigenvalue weighted by molar-refractivity contribution is 5.82. The highest BCUT2D eigenvalue weighted by Crippen LogP contribution is 2.19. The van der Waals surface area contributed by atoms with E-state index in [0.29, 0.717) is 0 Å². The van der Waals surface area contributed by atoms with Crippen LogP contribution in [0.25, 0.3) is 0 Å². The smallest absolute Gasteiger partial charge is 0.326 e. The van der Waals surface area contributed by atoms with Crippen LogP contribution in [0.5, 0.6) is 0 Å². The number of aliphatic carboxylic acids is 1. The second kappa shape index (κ2) is 6.51. The van der Waals surface area contributed by atoms with Crippen molar-refractivity contribution in [2.45, 2.75) is 59.5 Å². The normalized spacial score (nSPS) is 14.6. The molecule has 0 aromatic rings. The lowest BCUT2D eigenvalue weighted by Gasteiger charge is -2.35. The maximum absolute atomic E-state index is 11.5. The van der Waals surface area contributed by atoms with Crippen molar-refractivity contribution >= 4 is 11.9 Å². The number of nitrogens with zero attached hydrogens (tertiary/aromatic N) is 1. The summed E-state index contributed by atoms with van der Waals surface area (Å²) in [5.41, 5.74) is 0. The van der Waals surface area contributed by atoms with E-state index in [-0.39, 0.29) is 17.9 Å². The molecule has 0 aliphatic rings. The predicted molar refractivity (Wildman–Crippen MR) is 63.2 cm³/mol. The molecule has 0 radical (unpaired) electrons. The molecule has 0 aromatic heterocycles. The molecule has 0 bridgehead atoms. The Morgan fingerprint density at radius 3 is 2.00 bits per heavy atom. The number of carboxylic acid groups (broad SMARTS) is 1. The fraction of sp³-hybridized carbons (Fsp3) is 0.833. The molecule has 0 saturated heterocycles. The lowest BCUT2D eigenvalue weighted by molar-refractivity contribution is -0.153. The lowest BCUT2D eigenvalue weighted by Crippen LogP contribution is -2.51. The van der Waals surface area contributed by atoms with Gasteiger partial charge in [-0.25, -0.2) is 4.79 Å². The second-order valence-electron chi connectivity index (χ2n) is 4.57. The number of carbonyl (C=O) groups is 2. The average molecular weight is 229 g/mol. The number of hydrogen-bond donors (Lipinski definition) is 1. The molecule has 2 atom stereocenters. The van der Waals surface area contributed by atoms with Gasteiger partial charge in [-0.1, -0.05) is 20.3 Å². The standard InChI is InChI=1S/C12H23NO3/c1-6-7-9(4)11(12(15)16)13(8(2)3)10(5)14/h8-9,11H,6-7H2,1-5H3,(H,15,16). The molecule has 0 saturated carbocycles. The molecule has 0 aromatic carbocycles. The molecule has 94 valence electrons. The number of carboxylic acids is 1. The van der Waals surface area contributed by atoms with E-state index < -0.39 is 12.0 Å². The Labute approximate surface area is 97.6 Å². The van der Waals surface area contributed by atoms with Gasteiger partial charge in [0.2, 0.25) is 5.91 Å². The van der Waals surface area contributed by atoms with Crippen LogP contribution in [0.15, 0.2) is 0 Å². The van der Waals surface area contributed by atoms with Gasteiger partial charge in [0.05, 0.1) is 0 Å². The summed E-state index contributed by atoms with van der Waals surface area (Å²) in [6.07, 6.45) is 1.74. The molecule has 4 heteroatoms. The molecule has 16 heavy (non-hydrogen) atoms. The topological polar surface area (TPSA) is 57.6 Å². The molecule has 0 aliphatic heterocycles. The minimum absolute atomic E-state index is 0.0196. The highest BCUT2D eigenvalue weighted by atomic mass is 16.4. The van der Waals surface area contributed by atoms with E-state index >= 15 is 0 Å². The predicted octanol–water partition coefficient (Wildman–Crippen LogP) is 2.13. The van der Waals surface area contributed by atoms with E-state index in [0.717, 1.165) is 12.8 Å². The Hall–Kier alpha value is -1.06. The Balaban J connectivity index is 4.99. The van der Waals surface area contributed by atoms with Crippen molar-refractivity contribution < 1.29 is 14.7 Å². The quantitative estimate of drug-likeness (QED) is 0.759. The van der Waals surface area contributed by atoms with Gasteiger partial charge in [-0.3, -0.25) is 4.79 Å². The third-order valence-corrected chi connectivity index (χ3v) is 2.76. The molecule has 0 fully saturated rings. The van der Waals surface area contributed by atoms with E-state index in [1.165, 1.54) is 11.8 Å². The zero-order valence-corrected chi connectivity index (χ0v) is 10.9. The summed E-state index contributed by atoms with van der Waals surface area (Å²) in [6.45, 7) is 9.02. The van der Waals surface area contributed by atoms with Crippen LogP contribution in [0, 0.1) is 5.92 Å². The van der Waals surface area contributed by atoms with E-state index in [9.17, 15) is 14.7 Å². The molecule has 0 aliphatic carbocycles. The first-order chi connectivity index (χ1) is 7.32. The van der Waals surface area contributed by atoms with Crippen molar-refractivity contribution in [3.8, 4) is 0 Å². The van der Waals surface area contributed by atoms with E-state index in [1.807, 2.05) is 27.7 Å². The zero-order chi connectivity index (χ0) is 12.9. The largest absolute Gasteiger partial charge is 0.480 e. The lowest BCUT2D eigenvalue weighted by atomic mass is 9.94. The van der Waals surface area contributed by atoms with Gasteiger partial charge in [0.15, 0.2) is 0 Å². The fourth-order valence-electron chi connectivity index (χ4n) is 2.13. The van der Waals surface area contributed by atoms with Crippen LogP contribution in [0.3, 0.4) is 0 Å². The number of hydrogen-bond acceptors (Lipinski definition) is 2. The molecule has 0 spiro atoms. The molecule has 4 nitrogen and oxygen atoms in total. The van der Waals surface area contributed by atoms with Crippen LogP contribution in [-0.4, -0.2) is 34.0 Å². The summed E-state index contributed by atoms with van der Waals surface area (Å²) in [5, 5.41) is 9.24. The first kappa shape index (κ1) is 14.9. The summed E-state index contributed by atoms with van der Waals surface area (Å²) < 4.78 is 0. The second-order valence-corrected chi connectivity index (χ2v) is 4.57. The molecule has 2 unspecified atom stereocenters. The van der Waals surface area contributed by atoms with Gasteiger partial charge in [0, 0.05) is 13.0 Å². The first-order valence-corrected chi connectivity index (χ1v) is 5.84. The van der Waals surface area contributed by atoms with Crippen LogP contribution >= 0.6 is 0 Å². The number of rotatable bonds is 6.